The number of nitrogens with zero attached hydrogens (tertiary/aromatic N) is 5. The lowest BCUT2D eigenvalue weighted by Gasteiger charge is -1.99. The first-order valence-corrected chi connectivity index (χ1v) is 9.15. The maximum Gasteiger partial charge on any atom is 0.273 e. The molecule has 3 aromatic heterocycles. The van der Waals surface area contributed by atoms with E-state index in [9.17, 15) is 4.79 Å². The van der Waals surface area contributed by atoms with Gasteiger partial charge >= 0.3 is 0 Å². The second-order valence-corrected chi connectivity index (χ2v) is 6.70. The van der Waals surface area contributed by atoms with Crippen molar-refractivity contribution in [3.05, 3.63) is 71.4 Å². The summed E-state index contributed by atoms with van der Waals surface area (Å²) in [5.41, 5.74) is 3.56. The van der Waals surface area contributed by atoms with Gasteiger partial charge < -0.3 is 5.32 Å². The highest BCUT2D eigenvalue weighted by atomic mass is 35.5. The number of hydrogen-bond donors (Lipinski definition) is 2. The third kappa shape index (κ3) is 3.96. The summed E-state index contributed by atoms with van der Waals surface area (Å²) in [6, 6.07) is 8.96. The van der Waals surface area contributed by atoms with Crippen LogP contribution in [0.25, 0.3) is 11.3 Å². The maximum atomic E-state index is 12.5. The van der Waals surface area contributed by atoms with E-state index in [2.05, 4.69) is 25.7 Å². The van der Waals surface area contributed by atoms with Crippen molar-refractivity contribution in [3.63, 3.8) is 0 Å². The van der Waals surface area contributed by atoms with E-state index in [-0.39, 0.29) is 5.91 Å². The molecule has 0 fully saturated rings. The average molecular weight is 396 g/mol. The molecule has 0 atom stereocenters. The van der Waals surface area contributed by atoms with Crippen LogP contribution < -0.4 is 5.32 Å². The molecule has 1 amide bonds. The molecule has 8 nitrogen and oxygen atoms in total. The molecule has 9 heteroatoms. The van der Waals surface area contributed by atoms with Crippen LogP contribution >= 0.6 is 11.6 Å². The Labute approximate surface area is 166 Å². The van der Waals surface area contributed by atoms with E-state index in [0.717, 1.165) is 17.7 Å². The number of nitrogens with one attached hydrogen (secondary N) is 2. The number of aryl methyl sites for hydroxylation is 1. The minimum Gasteiger partial charge on any atom is -0.318 e. The van der Waals surface area contributed by atoms with Crippen LogP contribution in [0.15, 0.2) is 55.1 Å². The molecule has 0 saturated carbocycles. The zero-order valence-corrected chi connectivity index (χ0v) is 15.9. The summed E-state index contributed by atoms with van der Waals surface area (Å²) < 4.78 is 3.61. The van der Waals surface area contributed by atoms with Crippen molar-refractivity contribution >= 4 is 23.2 Å². The van der Waals surface area contributed by atoms with Crippen LogP contribution in [0, 0.1) is 0 Å². The molecule has 4 aromatic rings. The van der Waals surface area contributed by atoms with Gasteiger partial charge in [-0.3, -0.25) is 19.3 Å². The molecule has 2 N–H and O–H groups in total. The van der Waals surface area contributed by atoms with Crippen LogP contribution in [0.5, 0.6) is 0 Å². The fourth-order valence-corrected chi connectivity index (χ4v) is 2.89. The lowest BCUT2D eigenvalue weighted by molar-refractivity contribution is 0.102. The van der Waals surface area contributed by atoms with Crippen LogP contribution in [-0.2, 0) is 13.1 Å². The van der Waals surface area contributed by atoms with Crippen molar-refractivity contribution in [2.24, 2.45) is 0 Å². The number of halogens is 1. The van der Waals surface area contributed by atoms with E-state index in [4.69, 9.17) is 11.6 Å². The largest absolute Gasteiger partial charge is 0.318 e. The zero-order valence-electron chi connectivity index (χ0n) is 15.1. The summed E-state index contributed by atoms with van der Waals surface area (Å²) in [5, 5.41) is 18.9. The SMILES string of the molecule is CCn1cc(Cn2cc(NC(=O)c3cc(-c4ccc(Cl)cc4)n[nH]3)cn2)cn1. The highest BCUT2D eigenvalue weighted by molar-refractivity contribution is 6.30. The molecule has 4 rings (SSSR count). The van der Waals surface area contributed by atoms with E-state index in [1.165, 1.54) is 0 Å². The minimum absolute atomic E-state index is 0.286. The Kier molecular flexibility index (Phi) is 4.94. The number of rotatable bonds is 6. The van der Waals surface area contributed by atoms with Crippen molar-refractivity contribution in [1.82, 2.24) is 29.8 Å². The summed E-state index contributed by atoms with van der Waals surface area (Å²) in [7, 11) is 0. The number of carbonyl (C=O) groups is 1. The molecule has 0 spiro atoms. The number of aromatic nitrogens is 6. The van der Waals surface area contributed by atoms with Crippen molar-refractivity contribution in [2.75, 3.05) is 5.32 Å². The Hall–Kier alpha value is -3.39. The molecule has 0 aliphatic rings. The number of carbonyl (C=O) groups excluding carboxylic acids is 1. The van der Waals surface area contributed by atoms with Gasteiger partial charge in [-0.1, -0.05) is 23.7 Å². The lowest BCUT2D eigenvalue weighted by Crippen LogP contribution is -2.11. The van der Waals surface area contributed by atoms with Gasteiger partial charge in [0, 0.05) is 35.1 Å². The third-order valence-corrected chi connectivity index (χ3v) is 4.46. The smallest absolute Gasteiger partial charge is 0.273 e. The predicted octanol–water partition coefficient (Wildman–Crippen LogP) is 3.44. The minimum atomic E-state index is -0.286. The van der Waals surface area contributed by atoms with Gasteiger partial charge in [0.15, 0.2) is 0 Å². The summed E-state index contributed by atoms with van der Waals surface area (Å²) >= 11 is 5.90. The van der Waals surface area contributed by atoms with Crippen LogP contribution in [0.2, 0.25) is 5.02 Å². The zero-order chi connectivity index (χ0) is 19.5. The van der Waals surface area contributed by atoms with Gasteiger partial charge in [-0.25, -0.2) is 0 Å². The van der Waals surface area contributed by atoms with Gasteiger partial charge in [0.05, 0.1) is 30.3 Å². The van der Waals surface area contributed by atoms with E-state index < -0.39 is 0 Å². The molecule has 28 heavy (non-hydrogen) atoms. The van der Waals surface area contributed by atoms with E-state index in [1.807, 2.05) is 36.1 Å². The number of anilines is 1. The molecule has 3 heterocycles. The predicted molar refractivity (Wildman–Crippen MR) is 106 cm³/mol. The molecule has 0 aliphatic carbocycles. The molecular formula is C19H18ClN7O. The number of hydrogen-bond acceptors (Lipinski definition) is 4. The Balaban J connectivity index is 1.41. The van der Waals surface area contributed by atoms with Crippen molar-refractivity contribution in [3.8, 4) is 11.3 Å². The summed E-state index contributed by atoms with van der Waals surface area (Å²) in [6.07, 6.45) is 7.17. The molecule has 142 valence electrons. The monoisotopic (exact) mass is 395 g/mol. The molecule has 0 aliphatic heterocycles. The number of H-pyrrole nitrogens is 1. The second-order valence-electron chi connectivity index (χ2n) is 6.26. The lowest BCUT2D eigenvalue weighted by atomic mass is 10.1. The molecule has 0 radical (unpaired) electrons. The molecule has 0 bridgehead atoms. The van der Waals surface area contributed by atoms with E-state index >= 15 is 0 Å². The first-order valence-electron chi connectivity index (χ1n) is 8.77. The molecule has 1 aromatic carbocycles. The summed E-state index contributed by atoms with van der Waals surface area (Å²) in [6.45, 7) is 3.44. The van der Waals surface area contributed by atoms with Crippen molar-refractivity contribution in [1.29, 1.82) is 0 Å². The van der Waals surface area contributed by atoms with Crippen LogP contribution in [0.1, 0.15) is 23.0 Å². The van der Waals surface area contributed by atoms with Gasteiger partial charge in [0.2, 0.25) is 0 Å². The Morgan fingerprint density at radius 2 is 1.93 bits per heavy atom. The van der Waals surface area contributed by atoms with Gasteiger partial charge in [0.1, 0.15) is 5.69 Å². The molecule has 0 saturated heterocycles. The normalized spacial score (nSPS) is 10.9. The van der Waals surface area contributed by atoms with E-state index in [0.29, 0.717) is 28.6 Å². The molecule has 0 unspecified atom stereocenters. The second kappa shape index (κ2) is 7.69. The van der Waals surface area contributed by atoms with Gasteiger partial charge in [0.25, 0.3) is 5.91 Å². The summed E-state index contributed by atoms with van der Waals surface area (Å²) in [4.78, 5) is 12.5. The maximum absolute atomic E-state index is 12.5. The van der Waals surface area contributed by atoms with Crippen LogP contribution in [-0.4, -0.2) is 35.7 Å². The highest BCUT2D eigenvalue weighted by Gasteiger charge is 2.12. The Bertz CT molecular complexity index is 1090. The fraction of sp³-hybridized carbons (Fsp3) is 0.158. The third-order valence-electron chi connectivity index (χ3n) is 4.21. The average Bonchev–Trinajstić information content (AvgIpc) is 3.43. The van der Waals surface area contributed by atoms with Crippen molar-refractivity contribution < 1.29 is 4.79 Å². The van der Waals surface area contributed by atoms with Gasteiger partial charge in [-0.2, -0.15) is 15.3 Å². The van der Waals surface area contributed by atoms with Gasteiger partial charge in [-0.15, -0.1) is 0 Å². The quantitative estimate of drug-likeness (QED) is 0.523. The fourth-order valence-electron chi connectivity index (χ4n) is 2.77. The topological polar surface area (TPSA) is 93.4 Å². The number of benzene rings is 1. The van der Waals surface area contributed by atoms with E-state index in [1.54, 1.807) is 35.3 Å². The van der Waals surface area contributed by atoms with Crippen LogP contribution in [0.4, 0.5) is 5.69 Å². The van der Waals surface area contributed by atoms with Crippen LogP contribution in [0.3, 0.4) is 0 Å². The van der Waals surface area contributed by atoms with Gasteiger partial charge in [-0.05, 0) is 25.1 Å². The number of amides is 1. The standard InChI is InChI=1S/C19H18ClN7O/c1-2-26-10-13(8-21-26)11-27-12-16(9-22-27)23-19(28)18-7-17(24-25-18)14-3-5-15(20)6-4-14/h3-10,12H,2,11H2,1H3,(H,23,28)(H,24,25). The summed E-state index contributed by atoms with van der Waals surface area (Å²) in [5.74, 6) is -0.286. The van der Waals surface area contributed by atoms with Crippen molar-refractivity contribution in [2.45, 2.75) is 20.0 Å². The molecular weight excluding hydrogens is 378 g/mol. The first-order chi connectivity index (χ1) is 13.6. The highest BCUT2D eigenvalue weighted by Crippen LogP contribution is 2.20. The Morgan fingerprint density at radius 1 is 1.14 bits per heavy atom. The first kappa shape index (κ1) is 18.0. The number of aromatic amines is 1. The Morgan fingerprint density at radius 3 is 2.68 bits per heavy atom.